The molecule has 0 aliphatic carbocycles. The molecule has 4 aromatic rings. The molecule has 11 nitrogen and oxygen atoms in total. The molecule has 0 spiro atoms. The number of nitrogen functional groups attached to an aromatic ring is 1. The fourth-order valence-corrected chi connectivity index (χ4v) is 3.68. The molecule has 176 valence electrons. The van der Waals surface area contributed by atoms with Gasteiger partial charge in [-0.1, -0.05) is 18.2 Å². The van der Waals surface area contributed by atoms with E-state index in [4.69, 9.17) is 24.4 Å². The first kappa shape index (κ1) is 22.8. The molecule has 0 aliphatic heterocycles. The number of nitrogens with zero attached hydrogens (tertiary/aromatic N) is 3. The van der Waals surface area contributed by atoms with Gasteiger partial charge in [-0.3, -0.25) is 4.79 Å². The number of aryl methyl sites for hydroxylation is 1. The number of hydrogen-bond acceptors (Lipinski definition) is 10. The Kier molecular flexibility index (Phi) is 6.17. The number of carbonyl (C=O) groups excluding carboxylic acids is 3. The van der Waals surface area contributed by atoms with Crippen molar-refractivity contribution >= 4 is 45.7 Å². The zero-order chi connectivity index (χ0) is 24.4. The highest BCUT2D eigenvalue weighted by Crippen LogP contribution is 2.29. The molecule has 0 atom stereocenters. The third-order valence-corrected chi connectivity index (χ3v) is 5.14. The van der Waals surface area contributed by atoms with Crippen LogP contribution in [0, 0.1) is 6.92 Å². The second-order valence-corrected chi connectivity index (χ2v) is 7.30. The van der Waals surface area contributed by atoms with Gasteiger partial charge in [0.25, 0.3) is 0 Å². The lowest BCUT2D eigenvalue weighted by molar-refractivity contribution is -0.145. The first-order valence-electron chi connectivity index (χ1n) is 10.4. The molecule has 0 amide bonds. The van der Waals surface area contributed by atoms with Crippen LogP contribution in [0.2, 0.25) is 0 Å². The molecule has 11 heteroatoms. The standard InChI is InChI=1S/C23H22N4O7/c1-4-32-23(30)18-12(2)34-21-19(18)20(24)25-16(26-21)11-33-17(28)10-27-9-14(22(29)31-3)13-7-5-6-8-15(13)27/h5-9H,4,10-11H2,1-3H3,(H2,24,25,26). The third-order valence-electron chi connectivity index (χ3n) is 5.14. The second kappa shape index (κ2) is 9.22. The van der Waals surface area contributed by atoms with Crippen LogP contribution in [0.5, 0.6) is 0 Å². The van der Waals surface area contributed by atoms with Crippen molar-refractivity contribution in [2.24, 2.45) is 0 Å². The number of rotatable bonds is 7. The molecule has 3 aromatic heterocycles. The Balaban J connectivity index is 1.52. The van der Waals surface area contributed by atoms with Crippen LogP contribution in [-0.4, -0.2) is 46.2 Å². The van der Waals surface area contributed by atoms with Crippen LogP contribution in [0.1, 0.15) is 39.2 Å². The fourth-order valence-electron chi connectivity index (χ4n) is 3.68. The van der Waals surface area contributed by atoms with Crippen molar-refractivity contribution in [2.75, 3.05) is 19.5 Å². The molecule has 4 rings (SSSR count). The Hall–Kier alpha value is -4.41. The first-order valence-corrected chi connectivity index (χ1v) is 10.4. The van der Waals surface area contributed by atoms with Gasteiger partial charge in [-0.2, -0.15) is 4.98 Å². The smallest absolute Gasteiger partial charge is 0.342 e. The van der Waals surface area contributed by atoms with Crippen LogP contribution in [-0.2, 0) is 32.2 Å². The summed E-state index contributed by atoms with van der Waals surface area (Å²) in [5.41, 5.74) is 7.32. The third kappa shape index (κ3) is 4.15. The summed E-state index contributed by atoms with van der Waals surface area (Å²) in [4.78, 5) is 45.2. The maximum Gasteiger partial charge on any atom is 0.342 e. The Morgan fingerprint density at radius 3 is 2.62 bits per heavy atom. The van der Waals surface area contributed by atoms with Gasteiger partial charge < -0.3 is 28.9 Å². The summed E-state index contributed by atoms with van der Waals surface area (Å²) in [6, 6.07) is 7.14. The minimum atomic E-state index is -0.585. The summed E-state index contributed by atoms with van der Waals surface area (Å²) in [7, 11) is 1.29. The minimum Gasteiger partial charge on any atom is -0.465 e. The van der Waals surface area contributed by atoms with Crippen molar-refractivity contribution in [3.05, 3.63) is 53.2 Å². The molecule has 2 N–H and O–H groups in total. The number of carbonyl (C=O) groups is 3. The van der Waals surface area contributed by atoms with Crippen molar-refractivity contribution in [1.82, 2.24) is 14.5 Å². The second-order valence-electron chi connectivity index (χ2n) is 7.30. The van der Waals surface area contributed by atoms with Gasteiger partial charge in [0.05, 0.1) is 24.7 Å². The maximum absolute atomic E-state index is 12.5. The number of para-hydroxylation sites is 1. The van der Waals surface area contributed by atoms with Crippen LogP contribution in [0.15, 0.2) is 34.9 Å². The number of fused-ring (bicyclic) bond motifs is 2. The molecule has 3 heterocycles. The summed E-state index contributed by atoms with van der Waals surface area (Å²) >= 11 is 0. The number of esters is 3. The van der Waals surface area contributed by atoms with Gasteiger partial charge in [0, 0.05) is 17.1 Å². The first-order chi connectivity index (χ1) is 16.3. The number of benzene rings is 1. The summed E-state index contributed by atoms with van der Waals surface area (Å²) in [5.74, 6) is -1.26. The minimum absolute atomic E-state index is 0.00933. The van der Waals surface area contributed by atoms with E-state index in [0.29, 0.717) is 22.2 Å². The van der Waals surface area contributed by atoms with Gasteiger partial charge in [0.1, 0.15) is 23.7 Å². The Morgan fingerprint density at radius 1 is 1.12 bits per heavy atom. The number of furan rings is 1. The molecule has 0 fully saturated rings. The molecule has 0 unspecified atom stereocenters. The van der Waals surface area contributed by atoms with Crippen LogP contribution in [0.25, 0.3) is 22.0 Å². The van der Waals surface area contributed by atoms with E-state index in [1.807, 2.05) is 0 Å². The summed E-state index contributed by atoms with van der Waals surface area (Å²) in [6.45, 7) is 3.06. The van der Waals surface area contributed by atoms with E-state index in [2.05, 4.69) is 9.97 Å². The lowest BCUT2D eigenvalue weighted by Crippen LogP contribution is -2.14. The number of ether oxygens (including phenoxy) is 3. The van der Waals surface area contributed by atoms with Gasteiger partial charge in [-0.25, -0.2) is 14.6 Å². The Labute approximate surface area is 193 Å². The monoisotopic (exact) mass is 466 g/mol. The van der Waals surface area contributed by atoms with Gasteiger partial charge in [0.15, 0.2) is 12.4 Å². The van der Waals surface area contributed by atoms with Crippen LogP contribution < -0.4 is 5.73 Å². The van der Waals surface area contributed by atoms with E-state index in [1.54, 1.807) is 48.9 Å². The average molecular weight is 466 g/mol. The van der Waals surface area contributed by atoms with Gasteiger partial charge in [-0.15, -0.1) is 0 Å². The number of aromatic nitrogens is 3. The van der Waals surface area contributed by atoms with E-state index in [9.17, 15) is 14.4 Å². The largest absolute Gasteiger partial charge is 0.465 e. The average Bonchev–Trinajstić information content (AvgIpc) is 3.35. The van der Waals surface area contributed by atoms with Crippen molar-refractivity contribution in [3.63, 3.8) is 0 Å². The molecule has 0 saturated heterocycles. The summed E-state index contributed by atoms with van der Waals surface area (Å²) < 4.78 is 22.3. The SMILES string of the molecule is CCOC(=O)c1c(C)oc2nc(COC(=O)Cn3cc(C(=O)OC)c4ccccc43)nc(N)c12. The molecule has 0 saturated carbocycles. The number of methoxy groups -OCH3 is 1. The van der Waals surface area contributed by atoms with Gasteiger partial charge in [0.2, 0.25) is 5.71 Å². The van der Waals surface area contributed by atoms with E-state index in [0.717, 1.165) is 0 Å². The van der Waals surface area contributed by atoms with Gasteiger partial charge in [-0.05, 0) is 19.9 Å². The fraction of sp³-hybridized carbons (Fsp3) is 0.261. The Bertz CT molecular complexity index is 1420. The van der Waals surface area contributed by atoms with Gasteiger partial charge >= 0.3 is 17.9 Å². The predicted octanol–water partition coefficient (Wildman–Crippen LogP) is 2.77. The molecule has 0 radical (unpaired) electrons. The number of nitrogens with two attached hydrogens (primary N) is 1. The van der Waals surface area contributed by atoms with Crippen molar-refractivity contribution in [2.45, 2.75) is 27.0 Å². The highest BCUT2D eigenvalue weighted by Gasteiger charge is 2.24. The lowest BCUT2D eigenvalue weighted by atomic mass is 10.2. The zero-order valence-electron chi connectivity index (χ0n) is 18.8. The maximum atomic E-state index is 12.5. The topological polar surface area (TPSA) is 149 Å². The van der Waals surface area contributed by atoms with Crippen LogP contribution in [0.3, 0.4) is 0 Å². The summed E-state index contributed by atoms with van der Waals surface area (Å²) in [6.07, 6.45) is 1.54. The van der Waals surface area contributed by atoms with E-state index in [1.165, 1.54) is 7.11 Å². The lowest BCUT2D eigenvalue weighted by Gasteiger charge is -2.07. The van der Waals surface area contributed by atoms with E-state index in [-0.39, 0.29) is 48.1 Å². The van der Waals surface area contributed by atoms with E-state index < -0.39 is 17.9 Å². The molecule has 1 aromatic carbocycles. The van der Waals surface area contributed by atoms with Crippen molar-refractivity contribution in [3.8, 4) is 0 Å². The van der Waals surface area contributed by atoms with Crippen LogP contribution >= 0.6 is 0 Å². The number of hydrogen-bond donors (Lipinski definition) is 1. The molecule has 0 bridgehead atoms. The highest BCUT2D eigenvalue weighted by atomic mass is 16.5. The van der Waals surface area contributed by atoms with E-state index >= 15 is 0 Å². The van der Waals surface area contributed by atoms with Crippen molar-refractivity contribution in [1.29, 1.82) is 0 Å². The zero-order valence-corrected chi connectivity index (χ0v) is 18.8. The van der Waals surface area contributed by atoms with Crippen LogP contribution in [0.4, 0.5) is 5.82 Å². The number of anilines is 1. The molecule has 0 aliphatic rings. The predicted molar refractivity (Wildman–Crippen MR) is 120 cm³/mol. The molecular weight excluding hydrogens is 444 g/mol. The normalized spacial score (nSPS) is 11.0. The summed E-state index contributed by atoms with van der Waals surface area (Å²) in [5, 5.41) is 0.912. The quantitative estimate of drug-likeness (QED) is 0.318. The Morgan fingerprint density at radius 2 is 1.88 bits per heavy atom. The molecular formula is C23H22N4O7. The highest BCUT2D eigenvalue weighted by molar-refractivity contribution is 6.07. The van der Waals surface area contributed by atoms with Crippen molar-refractivity contribution < 1.29 is 33.0 Å². The molecule has 34 heavy (non-hydrogen) atoms.